The van der Waals surface area contributed by atoms with Crippen LogP contribution in [-0.4, -0.2) is 50.9 Å². The molecule has 0 fully saturated rings. The van der Waals surface area contributed by atoms with Crippen molar-refractivity contribution in [3.8, 4) is 6.07 Å². The molecule has 148 valence electrons. The SMILES string of the molecule is CNc1cc(C#N)ccc1C(=N)c1cnc2[nH]cc(C(=O)NC(C)(C)CO)c2n1. The van der Waals surface area contributed by atoms with Crippen LogP contribution in [0.25, 0.3) is 11.2 Å². The Morgan fingerprint density at radius 2 is 2.14 bits per heavy atom. The minimum Gasteiger partial charge on any atom is -0.394 e. The molecule has 9 heteroatoms. The number of aromatic amines is 1. The zero-order valence-electron chi connectivity index (χ0n) is 16.3. The number of fused-ring (bicyclic) bond motifs is 1. The van der Waals surface area contributed by atoms with E-state index < -0.39 is 11.4 Å². The third kappa shape index (κ3) is 3.93. The van der Waals surface area contributed by atoms with Crippen molar-refractivity contribution in [3.63, 3.8) is 0 Å². The van der Waals surface area contributed by atoms with Crippen LogP contribution in [0, 0.1) is 16.7 Å². The fraction of sp³-hybridized carbons (Fsp3) is 0.250. The van der Waals surface area contributed by atoms with E-state index in [1.807, 2.05) is 0 Å². The van der Waals surface area contributed by atoms with Gasteiger partial charge in [-0.05, 0) is 32.0 Å². The summed E-state index contributed by atoms with van der Waals surface area (Å²) in [6.45, 7) is 3.20. The van der Waals surface area contributed by atoms with Crippen molar-refractivity contribution >= 4 is 28.5 Å². The number of H-pyrrole nitrogens is 1. The van der Waals surface area contributed by atoms with Crippen LogP contribution < -0.4 is 10.6 Å². The molecule has 3 aromatic rings. The highest BCUT2D eigenvalue weighted by molar-refractivity contribution is 6.14. The van der Waals surface area contributed by atoms with Gasteiger partial charge in [-0.2, -0.15) is 5.26 Å². The lowest BCUT2D eigenvalue weighted by Gasteiger charge is -2.23. The number of anilines is 1. The number of rotatable bonds is 6. The summed E-state index contributed by atoms with van der Waals surface area (Å²) in [5, 5.41) is 32.7. The maximum absolute atomic E-state index is 12.6. The van der Waals surface area contributed by atoms with E-state index in [0.29, 0.717) is 28.0 Å². The number of nitriles is 1. The third-order valence-corrected chi connectivity index (χ3v) is 4.42. The van der Waals surface area contributed by atoms with Crippen LogP contribution in [0.5, 0.6) is 0 Å². The maximum Gasteiger partial charge on any atom is 0.255 e. The van der Waals surface area contributed by atoms with Gasteiger partial charge in [-0.1, -0.05) is 0 Å². The summed E-state index contributed by atoms with van der Waals surface area (Å²) in [6, 6.07) is 7.02. The lowest BCUT2D eigenvalue weighted by molar-refractivity contribution is 0.0871. The number of aromatic nitrogens is 3. The van der Waals surface area contributed by atoms with E-state index in [1.165, 1.54) is 12.4 Å². The molecular formula is C20H21N7O2. The average molecular weight is 391 g/mol. The number of amides is 1. The summed E-state index contributed by atoms with van der Waals surface area (Å²) in [5.74, 6) is -0.400. The first-order valence-corrected chi connectivity index (χ1v) is 8.88. The molecule has 29 heavy (non-hydrogen) atoms. The molecule has 3 rings (SSSR count). The molecular weight excluding hydrogens is 370 g/mol. The molecule has 0 spiro atoms. The second kappa shape index (κ2) is 7.69. The molecule has 0 atom stereocenters. The standard InChI is InChI=1S/C20H21N7O2/c1-20(2,10-28)27-19(29)13-8-24-18-17(13)26-15(9-25-18)16(22)12-5-4-11(7-21)6-14(12)23-3/h4-6,8-9,22-23,28H,10H2,1-3H3,(H,24,25)(H,27,29). The number of carbonyl (C=O) groups excluding carboxylic acids is 1. The van der Waals surface area contributed by atoms with Gasteiger partial charge in [0.1, 0.15) is 11.2 Å². The Labute approximate surface area is 167 Å². The quantitative estimate of drug-likeness (QED) is 0.404. The first-order valence-electron chi connectivity index (χ1n) is 8.88. The van der Waals surface area contributed by atoms with Crippen molar-refractivity contribution in [3.05, 3.63) is 53.0 Å². The largest absolute Gasteiger partial charge is 0.394 e. The van der Waals surface area contributed by atoms with Gasteiger partial charge in [-0.15, -0.1) is 0 Å². The smallest absolute Gasteiger partial charge is 0.255 e. The van der Waals surface area contributed by atoms with Gasteiger partial charge >= 0.3 is 0 Å². The van der Waals surface area contributed by atoms with E-state index in [0.717, 1.165) is 0 Å². The predicted octanol–water partition coefficient (Wildman–Crippen LogP) is 1.79. The molecule has 0 saturated heterocycles. The predicted molar refractivity (Wildman–Crippen MR) is 109 cm³/mol. The van der Waals surface area contributed by atoms with Crippen LogP contribution in [0.3, 0.4) is 0 Å². The van der Waals surface area contributed by atoms with Crippen LogP contribution in [0.4, 0.5) is 5.69 Å². The maximum atomic E-state index is 12.6. The second-order valence-corrected chi connectivity index (χ2v) is 7.15. The van der Waals surface area contributed by atoms with Crippen LogP contribution in [-0.2, 0) is 0 Å². The Bertz CT molecular complexity index is 1140. The number of carbonyl (C=O) groups is 1. The number of benzene rings is 1. The van der Waals surface area contributed by atoms with Gasteiger partial charge in [-0.3, -0.25) is 10.2 Å². The number of nitrogens with zero attached hydrogens (tertiary/aromatic N) is 3. The van der Waals surface area contributed by atoms with Crippen molar-refractivity contribution in [1.82, 2.24) is 20.3 Å². The second-order valence-electron chi connectivity index (χ2n) is 7.15. The van der Waals surface area contributed by atoms with Gasteiger partial charge in [0.15, 0.2) is 5.65 Å². The van der Waals surface area contributed by atoms with Crippen LogP contribution in [0.2, 0.25) is 0 Å². The molecule has 2 aromatic heterocycles. The Balaban J connectivity index is 2.01. The normalized spacial score (nSPS) is 11.1. The molecule has 9 nitrogen and oxygen atoms in total. The molecule has 0 aliphatic carbocycles. The number of hydrogen-bond donors (Lipinski definition) is 5. The highest BCUT2D eigenvalue weighted by Crippen LogP contribution is 2.22. The zero-order valence-corrected chi connectivity index (χ0v) is 16.3. The van der Waals surface area contributed by atoms with Crippen molar-refractivity contribution in [2.24, 2.45) is 0 Å². The number of nitrogens with one attached hydrogen (secondary N) is 4. The third-order valence-electron chi connectivity index (χ3n) is 4.42. The summed E-state index contributed by atoms with van der Waals surface area (Å²) >= 11 is 0. The lowest BCUT2D eigenvalue weighted by atomic mass is 10.0. The molecule has 1 aromatic carbocycles. The van der Waals surface area contributed by atoms with E-state index in [9.17, 15) is 9.90 Å². The van der Waals surface area contributed by atoms with Crippen LogP contribution in [0.1, 0.15) is 41.0 Å². The topological polar surface area (TPSA) is 151 Å². The van der Waals surface area contributed by atoms with Crippen LogP contribution >= 0.6 is 0 Å². The van der Waals surface area contributed by atoms with E-state index in [-0.39, 0.29) is 23.6 Å². The van der Waals surface area contributed by atoms with E-state index in [1.54, 1.807) is 39.1 Å². The molecule has 1 amide bonds. The molecule has 0 radical (unpaired) electrons. The van der Waals surface area contributed by atoms with E-state index in [4.69, 9.17) is 10.7 Å². The minimum absolute atomic E-state index is 0.108. The summed E-state index contributed by atoms with van der Waals surface area (Å²) in [6.07, 6.45) is 2.96. The average Bonchev–Trinajstić information content (AvgIpc) is 3.15. The van der Waals surface area contributed by atoms with Gasteiger partial charge in [0, 0.05) is 24.5 Å². The van der Waals surface area contributed by atoms with Crippen molar-refractivity contribution in [2.75, 3.05) is 19.0 Å². The number of hydrogen-bond acceptors (Lipinski definition) is 7. The highest BCUT2D eigenvalue weighted by Gasteiger charge is 2.23. The fourth-order valence-corrected chi connectivity index (χ4v) is 2.78. The van der Waals surface area contributed by atoms with Crippen molar-refractivity contribution in [1.29, 1.82) is 10.7 Å². The Morgan fingerprint density at radius 3 is 2.79 bits per heavy atom. The van der Waals surface area contributed by atoms with Crippen molar-refractivity contribution < 1.29 is 9.90 Å². The van der Waals surface area contributed by atoms with E-state index in [2.05, 4.69) is 31.7 Å². The Hall–Kier alpha value is -3.77. The van der Waals surface area contributed by atoms with Crippen molar-refractivity contribution in [2.45, 2.75) is 19.4 Å². The summed E-state index contributed by atoms with van der Waals surface area (Å²) in [7, 11) is 1.71. The van der Waals surface area contributed by atoms with Gasteiger partial charge in [-0.25, -0.2) is 9.97 Å². The van der Waals surface area contributed by atoms with Gasteiger partial charge in [0.2, 0.25) is 0 Å². The fourth-order valence-electron chi connectivity index (χ4n) is 2.78. The summed E-state index contributed by atoms with van der Waals surface area (Å²) < 4.78 is 0. The molecule has 0 aliphatic rings. The zero-order chi connectivity index (χ0) is 21.2. The molecule has 0 bridgehead atoms. The molecule has 2 heterocycles. The summed E-state index contributed by atoms with van der Waals surface area (Å²) in [5.41, 5.74) is 2.28. The number of aliphatic hydroxyl groups is 1. The summed E-state index contributed by atoms with van der Waals surface area (Å²) in [4.78, 5) is 24.3. The van der Waals surface area contributed by atoms with Crippen LogP contribution in [0.15, 0.2) is 30.6 Å². The molecule has 5 N–H and O–H groups in total. The highest BCUT2D eigenvalue weighted by atomic mass is 16.3. The minimum atomic E-state index is -0.789. The monoisotopic (exact) mass is 391 g/mol. The molecule has 0 saturated carbocycles. The molecule has 0 aliphatic heterocycles. The Kier molecular flexibility index (Phi) is 5.30. The first-order chi connectivity index (χ1) is 13.8. The van der Waals surface area contributed by atoms with Gasteiger partial charge in [0.25, 0.3) is 5.91 Å². The van der Waals surface area contributed by atoms with Gasteiger partial charge < -0.3 is 20.7 Å². The lowest BCUT2D eigenvalue weighted by Crippen LogP contribution is -2.46. The van der Waals surface area contributed by atoms with E-state index >= 15 is 0 Å². The first kappa shape index (κ1) is 20.0. The Morgan fingerprint density at radius 1 is 1.38 bits per heavy atom. The van der Waals surface area contributed by atoms with Gasteiger partial charge in [0.05, 0.1) is 41.3 Å². The molecule has 0 unspecified atom stereocenters. The number of aliphatic hydroxyl groups excluding tert-OH is 1.